The Morgan fingerprint density at radius 1 is 1.17 bits per heavy atom. The minimum Gasteiger partial charge on any atom is -0.507 e. The number of aliphatic hydroxyl groups is 1. The average Bonchev–Trinajstić information content (AvgIpc) is 3.30. The average molecular weight is 500 g/mol. The summed E-state index contributed by atoms with van der Waals surface area (Å²) in [5, 5.41) is 11.4. The number of aromatic nitrogens is 1. The van der Waals surface area contributed by atoms with Crippen molar-refractivity contribution in [2.24, 2.45) is 0 Å². The van der Waals surface area contributed by atoms with E-state index in [1.807, 2.05) is 0 Å². The van der Waals surface area contributed by atoms with Gasteiger partial charge in [0.2, 0.25) is 0 Å². The van der Waals surface area contributed by atoms with Crippen LogP contribution in [0, 0.1) is 19.7 Å². The Balaban J connectivity index is 1.78. The molecule has 1 amide bonds. The van der Waals surface area contributed by atoms with Gasteiger partial charge >= 0.3 is 5.97 Å². The van der Waals surface area contributed by atoms with E-state index >= 15 is 0 Å². The second kappa shape index (κ2) is 10.6. The molecular formula is C26H30FN3O6. The van der Waals surface area contributed by atoms with Crippen molar-refractivity contribution in [3.05, 3.63) is 63.7 Å². The number of aromatic amines is 1. The molecule has 0 aliphatic carbocycles. The van der Waals surface area contributed by atoms with Crippen LogP contribution in [0.15, 0.2) is 29.8 Å². The van der Waals surface area contributed by atoms with Gasteiger partial charge in [-0.05, 0) is 44.0 Å². The zero-order chi connectivity index (χ0) is 26.0. The normalized spacial score (nSPS) is 20.2. The first-order chi connectivity index (χ1) is 17.2. The third kappa shape index (κ3) is 4.78. The first-order valence-corrected chi connectivity index (χ1v) is 11.9. The first-order valence-electron chi connectivity index (χ1n) is 11.9. The van der Waals surface area contributed by atoms with Gasteiger partial charge in [-0.25, -0.2) is 9.18 Å². The predicted molar refractivity (Wildman–Crippen MR) is 129 cm³/mol. The fourth-order valence-electron chi connectivity index (χ4n) is 4.82. The van der Waals surface area contributed by atoms with E-state index in [0.29, 0.717) is 49.7 Å². The fourth-order valence-corrected chi connectivity index (χ4v) is 4.82. The number of aliphatic hydroxyl groups excluding tert-OH is 1. The molecule has 1 unspecified atom stereocenters. The third-order valence-electron chi connectivity index (χ3n) is 6.64. The van der Waals surface area contributed by atoms with Crippen molar-refractivity contribution in [3.8, 4) is 0 Å². The van der Waals surface area contributed by atoms with Gasteiger partial charge in [0.15, 0.2) is 0 Å². The molecule has 0 bridgehead atoms. The molecule has 4 rings (SSSR count). The Morgan fingerprint density at radius 3 is 2.47 bits per heavy atom. The molecule has 2 aliphatic heterocycles. The molecule has 2 saturated heterocycles. The number of esters is 1. The molecule has 1 aromatic heterocycles. The van der Waals surface area contributed by atoms with Gasteiger partial charge in [0.05, 0.1) is 31.4 Å². The quantitative estimate of drug-likeness (QED) is 0.261. The van der Waals surface area contributed by atoms with Crippen LogP contribution in [0.25, 0.3) is 5.76 Å². The van der Waals surface area contributed by atoms with Crippen molar-refractivity contribution in [3.63, 3.8) is 0 Å². The van der Waals surface area contributed by atoms with Gasteiger partial charge in [-0.1, -0.05) is 12.1 Å². The molecule has 1 atom stereocenters. The van der Waals surface area contributed by atoms with Gasteiger partial charge in [0.1, 0.15) is 17.3 Å². The summed E-state index contributed by atoms with van der Waals surface area (Å²) in [4.78, 5) is 45.3. The van der Waals surface area contributed by atoms with Crippen LogP contribution >= 0.6 is 0 Å². The first kappa shape index (κ1) is 25.6. The van der Waals surface area contributed by atoms with E-state index in [1.54, 1.807) is 20.8 Å². The summed E-state index contributed by atoms with van der Waals surface area (Å²) < 4.78 is 24.2. The van der Waals surface area contributed by atoms with Crippen LogP contribution in [0.4, 0.5) is 4.39 Å². The number of nitrogens with zero attached hydrogens (tertiary/aromatic N) is 2. The van der Waals surface area contributed by atoms with E-state index < -0.39 is 35.3 Å². The number of hydrogen-bond donors (Lipinski definition) is 2. The number of morpholine rings is 1. The van der Waals surface area contributed by atoms with E-state index in [0.717, 1.165) is 0 Å². The summed E-state index contributed by atoms with van der Waals surface area (Å²) in [5.74, 6) is -3.01. The lowest BCUT2D eigenvalue weighted by atomic mass is 9.94. The van der Waals surface area contributed by atoms with Crippen molar-refractivity contribution in [2.75, 3.05) is 46.0 Å². The topological polar surface area (TPSA) is 112 Å². The monoisotopic (exact) mass is 499 g/mol. The van der Waals surface area contributed by atoms with Crippen LogP contribution in [0.1, 0.15) is 45.8 Å². The lowest BCUT2D eigenvalue weighted by Gasteiger charge is -2.31. The van der Waals surface area contributed by atoms with Gasteiger partial charge < -0.3 is 24.5 Å². The second-order valence-corrected chi connectivity index (χ2v) is 8.84. The highest BCUT2D eigenvalue weighted by Crippen LogP contribution is 2.40. The molecule has 36 heavy (non-hydrogen) atoms. The van der Waals surface area contributed by atoms with E-state index in [1.165, 1.54) is 29.2 Å². The smallest absolute Gasteiger partial charge is 0.355 e. The molecule has 2 N–H and O–H groups in total. The van der Waals surface area contributed by atoms with E-state index in [2.05, 4.69) is 9.88 Å². The summed E-state index contributed by atoms with van der Waals surface area (Å²) in [7, 11) is 0. The van der Waals surface area contributed by atoms with E-state index in [9.17, 15) is 23.9 Å². The number of carbonyl (C=O) groups is 3. The molecule has 0 saturated carbocycles. The highest BCUT2D eigenvalue weighted by atomic mass is 19.1. The number of likely N-dealkylation sites (tertiary alicyclic amines) is 1. The van der Waals surface area contributed by atoms with Crippen molar-refractivity contribution in [1.29, 1.82) is 0 Å². The minimum absolute atomic E-state index is 0.103. The number of ketones is 1. The summed E-state index contributed by atoms with van der Waals surface area (Å²) >= 11 is 0. The zero-order valence-electron chi connectivity index (χ0n) is 20.6. The molecule has 3 heterocycles. The van der Waals surface area contributed by atoms with Crippen molar-refractivity contribution in [2.45, 2.75) is 26.8 Å². The number of nitrogens with one attached hydrogen (secondary N) is 1. The van der Waals surface area contributed by atoms with Gasteiger partial charge in [0.25, 0.3) is 11.7 Å². The summed E-state index contributed by atoms with van der Waals surface area (Å²) in [6, 6.07) is 4.60. The van der Waals surface area contributed by atoms with Gasteiger partial charge in [-0.15, -0.1) is 0 Å². The molecule has 192 valence electrons. The number of rotatable bonds is 7. The van der Waals surface area contributed by atoms with Crippen LogP contribution in [-0.2, 0) is 19.1 Å². The summed E-state index contributed by atoms with van der Waals surface area (Å²) in [6.07, 6.45) is 0. The zero-order valence-corrected chi connectivity index (χ0v) is 20.6. The Morgan fingerprint density at radius 2 is 1.83 bits per heavy atom. The lowest BCUT2D eigenvalue weighted by molar-refractivity contribution is -0.140. The summed E-state index contributed by atoms with van der Waals surface area (Å²) in [5.41, 5.74) is 1.67. The number of benzene rings is 1. The molecule has 0 spiro atoms. The number of H-pyrrole nitrogens is 1. The number of ether oxygens (including phenoxy) is 2. The Hall–Kier alpha value is -3.50. The standard InChI is InChI=1S/C26H30FN3O6/c1-4-36-26(34)21-15(2)19(16(3)28-21)23(31)20-22(17-5-7-18(27)8-6-17)30(25(33)24(20)32)10-9-29-11-13-35-14-12-29/h5-8,22,28,31H,4,9-14H2,1-3H3. The van der Waals surface area contributed by atoms with E-state index in [4.69, 9.17) is 9.47 Å². The molecular weight excluding hydrogens is 469 g/mol. The van der Waals surface area contributed by atoms with Gasteiger partial charge in [0, 0.05) is 37.4 Å². The highest BCUT2D eigenvalue weighted by molar-refractivity contribution is 6.46. The SMILES string of the molecule is CCOC(=O)c1[nH]c(C)c(C(O)=C2C(=O)C(=O)N(CCN3CCOCC3)C2c2ccc(F)cc2)c1C. The largest absolute Gasteiger partial charge is 0.507 e. The number of aryl methyl sites for hydroxylation is 1. The van der Waals surface area contributed by atoms with Crippen molar-refractivity contribution in [1.82, 2.24) is 14.8 Å². The molecule has 9 nitrogen and oxygen atoms in total. The fraction of sp³-hybridized carbons (Fsp3) is 0.423. The Kier molecular flexibility index (Phi) is 7.56. The summed E-state index contributed by atoms with van der Waals surface area (Å²) in [6.45, 7) is 8.52. The number of hydrogen-bond acceptors (Lipinski definition) is 7. The van der Waals surface area contributed by atoms with E-state index in [-0.39, 0.29) is 30.0 Å². The van der Waals surface area contributed by atoms with Gasteiger partial charge in [-0.2, -0.15) is 0 Å². The van der Waals surface area contributed by atoms with Crippen LogP contribution < -0.4 is 0 Å². The molecule has 0 radical (unpaired) electrons. The number of amides is 1. The van der Waals surface area contributed by atoms with Crippen LogP contribution in [0.3, 0.4) is 0 Å². The minimum atomic E-state index is -0.911. The number of Topliss-reactive ketones (excluding diaryl/α,β-unsaturated/α-hetero) is 1. The predicted octanol–water partition coefficient (Wildman–Crippen LogP) is 2.70. The van der Waals surface area contributed by atoms with Crippen LogP contribution in [0.2, 0.25) is 0 Å². The number of carbonyl (C=O) groups excluding carboxylic acids is 3. The second-order valence-electron chi connectivity index (χ2n) is 8.84. The Bertz CT molecular complexity index is 1200. The molecule has 2 fully saturated rings. The lowest BCUT2D eigenvalue weighted by Crippen LogP contribution is -2.42. The molecule has 1 aromatic carbocycles. The maximum absolute atomic E-state index is 13.7. The molecule has 10 heteroatoms. The Labute approximate surface area is 208 Å². The highest BCUT2D eigenvalue weighted by Gasteiger charge is 2.46. The van der Waals surface area contributed by atoms with Crippen LogP contribution in [-0.4, -0.2) is 83.5 Å². The molecule has 2 aliphatic rings. The van der Waals surface area contributed by atoms with Gasteiger partial charge in [-0.3, -0.25) is 14.5 Å². The maximum atomic E-state index is 13.7. The van der Waals surface area contributed by atoms with Crippen molar-refractivity contribution < 1.29 is 33.4 Å². The molecule has 2 aromatic rings. The van der Waals surface area contributed by atoms with Crippen molar-refractivity contribution >= 4 is 23.4 Å². The number of halogens is 1. The maximum Gasteiger partial charge on any atom is 0.355 e. The van der Waals surface area contributed by atoms with Crippen LogP contribution in [0.5, 0.6) is 0 Å². The third-order valence-corrected chi connectivity index (χ3v) is 6.64.